The molecule has 0 atom stereocenters. The van der Waals surface area contributed by atoms with Gasteiger partial charge in [-0.15, -0.1) is 0 Å². The van der Waals surface area contributed by atoms with Gasteiger partial charge in [-0.05, 0) is 37.6 Å². The van der Waals surface area contributed by atoms with Gasteiger partial charge in [0.05, 0.1) is 12.1 Å². The van der Waals surface area contributed by atoms with E-state index in [-0.39, 0.29) is 0 Å². The highest BCUT2D eigenvalue weighted by atomic mass is 16.5. The van der Waals surface area contributed by atoms with Crippen molar-refractivity contribution in [1.82, 2.24) is 4.98 Å². The molecule has 3 heteroatoms. The molecule has 1 aromatic carbocycles. The molecule has 0 bridgehead atoms. The van der Waals surface area contributed by atoms with Gasteiger partial charge in [-0.3, -0.25) is 4.98 Å². The molecule has 0 aliphatic heterocycles. The highest BCUT2D eigenvalue weighted by Crippen LogP contribution is 2.18. The average Bonchev–Trinajstić information content (AvgIpc) is 2.34. The zero-order chi connectivity index (χ0) is 11.2. The third-order valence-electron chi connectivity index (χ3n) is 2.44. The van der Waals surface area contributed by atoms with E-state index in [1.165, 1.54) is 0 Å². The number of hydrogen-bond donors (Lipinski definition) is 1. The van der Waals surface area contributed by atoms with Crippen LogP contribution in [0.4, 0.5) is 0 Å². The number of unbranched alkanes of at least 4 members (excludes halogenated alkanes) is 1. The number of fused-ring (bicyclic) bond motifs is 1. The molecule has 3 nitrogen and oxygen atoms in total. The summed E-state index contributed by atoms with van der Waals surface area (Å²) >= 11 is 0. The van der Waals surface area contributed by atoms with Crippen molar-refractivity contribution in [3.05, 3.63) is 36.5 Å². The van der Waals surface area contributed by atoms with Crippen LogP contribution in [0.15, 0.2) is 36.5 Å². The van der Waals surface area contributed by atoms with Crippen LogP contribution in [0.5, 0.6) is 5.75 Å². The van der Waals surface area contributed by atoms with Crippen LogP contribution in [0.25, 0.3) is 10.9 Å². The summed E-state index contributed by atoms with van der Waals surface area (Å²) in [6.45, 7) is 1.44. The summed E-state index contributed by atoms with van der Waals surface area (Å²) in [5, 5.41) is 1.14. The van der Waals surface area contributed by atoms with E-state index in [0.29, 0.717) is 0 Å². The molecule has 0 aliphatic rings. The lowest BCUT2D eigenvalue weighted by Crippen LogP contribution is -2.03. The van der Waals surface area contributed by atoms with Gasteiger partial charge >= 0.3 is 0 Å². The lowest BCUT2D eigenvalue weighted by Gasteiger charge is -2.06. The molecule has 0 saturated heterocycles. The van der Waals surface area contributed by atoms with Gasteiger partial charge in [-0.2, -0.15) is 0 Å². The third kappa shape index (κ3) is 2.70. The SMILES string of the molecule is NCCCCOc1ccc2cccnc2c1. The molecule has 0 fully saturated rings. The van der Waals surface area contributed by atoms with Crippen LogP contribution in [0.1, 0.15) is 12.8 Å². The Morgan fingerprint density at radius 3 is 3.00 bits per heavy atom. The number of aromatic nitrogens is 1. The molecule has 2 rings (SSSR count). The first kappa shape index (κ1) is 10.9. The van der Waals surface area contributed by atoms with E-state index in [0.717, 1.165) is 42.6 Å². The maximum absolute atomic E-state index is 5.62. The molecule has 0 aliphatic carbocycles. The standard InChI is InChI=1S/C13H16N2O/c14-7-1-2-9-16-12-6-5-11-4-3-8-15-13(11)10-12/h3-6,8,10H,1-2,7,9,14H2. The van der Waals surface area contributed by atoms with Crippen molar-refractivity contribution in [1.29, 1.82) is 0 Å². The van der Waals surface area contributed by atoms with Crippen molar-refractivity contribution in [2.45, 2.75) is 12.8 Å². The van der Waals surface area contributed by atoms with E-state index in [4.69, 9.17) is 10.5 Å². The molecular weight excluding hydrogens is 200 g/mol. The monoisotopic (exact) mass is 216 g/mol. The molecule has 0 amide bonds. The molecule has 1 aromatic heterocycles. The number of benzene rings is 1. The minimum atomic E-state index is 0.718. The first-order valence-electron chi connectivity index (χ1n) is 5.58. The first-order valence-corrected chi connectivity index (χ1v) is 5.58. The van der Waals surface area contributed by atoms with Gasteiger partial charge in [0.25, 0.3) is 0 Å². The quantitative estimate of drug-likeness (QED) is 0.780. The number of pyridine rings is 1. The van der Waals surface area contributed by atoms with Crippen LogP contribution < -0.4 is 10.5 Å². The Morgan fingerprint density at radius 1 is 1.19 bits per heavy atom. The van der Waals surface area contributed by atoms with Gasteiger partial charge in [-0.1, -0.05) is 6.07 Å². The largest absolute Gasteiger partial charge is 0.494 e. The molecular formula is C13H16N2O. The Balaban J connectivity index is 2.02. The zero-order valence-corrected chi connectivity index (χ0v) is 9.23. The van der Waals surface area contributed by atoms with Gasteiger partial charge in [-0.25, -0.2) is 0 Å². The number of hydrogen-bond acceptors (Lipinski definition) is 3. The smallest absolute Gasteiger partial charge is 0.121 e. The Kier molecular flexibility index (Phi) is 3.72. The highest BCUT2D eigenvalue weighted by molar-refractivity contribution is 5.79. The van der Waals surface area contributed by atoms with E-state index >= 15 is 0 Å². The maximum Gasteiger partial charge on any atom is 0.121 e. The fourth-order valence-electron chi connectivity index (χ4n) is 1.57. The fourth-order valence-corrected chi connectivity index (χ4v) is 1.57. The molecule has 0 radical (unpaired) electrons. The number of rotatable bonds is 5. The Hall–Kier alpha value is -1.61. The van der Waals surface area contributed by atoms with Crippen LogP contribution in [-0.2, 0) is 0 Å². The maximum atomic E-state index is 5.62. The van der Waals surface area contributed by atoms with E-state index in [2.05, 4.69) is 4.98 Å². The Labute approximate surface area is 95.2 Å². The second-order valence-corrected chi connectivity index (χ2v) is 3.70. The Morgan fingerprint density at radius 2 is 2.12 bits per heavy atom. The predicted octanol–water partition coefficient (Wildman–Crippen LogP) is 2.35. The molecule has 0 saturated carbocycles. The highest BCUT2D eigenvalue weighted by Gasteiger charge is 1.97. The summed E-state index contributed by atoms with van der Waals surface area (Å²) in [6.07, 6.45) is 3.79. The van der Waals surface area contributed by atoms with Crippen LogP contribution in [0, 0.1) is 0 Å². The van der Waals surface area contributed by atoms with Crippen LogP contribution >= 0.6 is 0 Å². The first-order chi connectivity index (χ1) is 7.90. The van der Waals surface area contributed by atoms with Gasteiger partial charge in [0.15, 0.2) is 0 Å². The number of ether oxygens (including phenoxy) is 1. The zero-order valence-electron chi connectivity index (χ0n) is 9.23. The van der Waals surface area contributed by atoms with Crippen molar-refractivity contribution < 1.29 is 4.74 Å². The summed E-state index contributed by atoms with van der Waals surface area (Å²) in [4.78, 5) is 4.29. The topological polar surface area (TPSA) is 48.1 Å². The molecule has 2 aromatic rings. The van der Waals surface area contributed by atoms with Gasteiger partial charge in [0.1, 0.15) is 5.75 Å². The Bertz CT molecular complexity index is 456. The fraction of sp³-hybridized carbons (Fsp3) is 0.308. The van der Waals surface area contributed by atoms with E-state index < -0.39 is 0 Å². The van der Waals surface area contributed by atoms with Gasteiger partial charge in [0, 0.05) is 17.6 Å². The summed E-state index contributed by atoms with van der Waals surface area (Å²) in [7, 11) is 0. The van der Waals surface area contributed by atoms with E-state index in [9.17, 15) is 0 Å². The minimum absolute atomic E-state index is 0.718. The van der Waals surface area contributed by atoms with Gasteiger partial charge in [0.2, 0.25) is 0 Å². The molecule has 0 unspecified atom stereocenters. The van der Waals surface area contributed by atoms with Crippen molar-refractivity contribution in [2.75, 3.05) is 13.2 Å². The molecule has 84 valence electrons. The summed E-state index contributed by atoms with van der Waals surface area (Å²) < 4.78 is 5.62. The lowest BCUT2D eigenvalue weighted by molar-refractivity contribution is 0.308. The molecule has 16 heavy (non-hydrogen) atoms. The lowest BCUT2D eigenvalue weighted by atomic mass is 10.2. The molecule has 1 heterocycles. The summed E-state index contributed by atoms with van der Waals surface area (Å²) in [5.41, 5.74) is 6.39. The van der Waals surface area contributed by atoms with Gasteiger partial charge < -0.3 is 10.5 Å². The molecule has 0 spiro atoms. The molecule has 2 N–H and O–H groups in total. The van der Waals surface area contributed by atoms with Crippen molar-refractivity contribution in [2.24, 2.45) is 5.73 Å². The summed E-state index contributed by atoms with van der Waals surface area (Å²) in [5.74, 6) is 0.878. The van der Waals surface area contributed by atoms with E-state index in [1.54, 1.807) is 6.20 Å². The van der Waals surface area contributed by atoms with Crippen LogP contribution in [-0.4, -0.2) is 18.1 Å². The minimum Gasteiger partial charge on any atom is -0.494 e. The normalized spacial score (nSPS) is 10.6. The van der Waals surface area contributed by atoms with E-state index in [1.807, 2.05) is 30.3 Å². The summed E-state index contributed by atoms with van der Waals surface area (Å²) in [6, 6.07) is 9.95. The number of nitrogens with zero attached hydrogens (tertiary/aromatic N) is 1. The second kappa shape index (κ2) is 5.47. The van der Waals surface area contributed by atoms with Crippen molar-refractivity contribution in [3.8, 4) is 5.75 Å². The number of nitrogens with two attached hydrogens (primary N) is 1. The predicted molar refractivity (Wildman–Crippen MR) is 65.5 cm³/mol. The average molecular weight is 216 g/mol. The second-order valence-electron chi connectivity index (χ2n) is 3.70. The third-order valence-corrected chi connectivity index (χ3v) is 2.44. The van der Waals surface area contributed by atoms with Crippen LogP contribution in [0.2, 0.25) is 0 Å². The van der Waals surface area contributed by atoms with Crippen molar-refractivity contribution >= 4 is 10.9 Å². The van der Waals surface area contributed by atoms with Crippen LogP contribution in [0.3, 0.4) is 0 Å². The van der Waals surface area contributed by atoms with Crippen molar-refractivity contribution in [3.63, 3.8) is 0 Å².